The molecule has 7 heteroatoms. The molecule has 0 N–H and O–H groups in total. The predicted molar refractivity (Wildman–Crippen MR) is 43.4 cm³/mol. The van der Waals surface area contributed by atoms with E-state index in [4.69, 9.17) is 5.26 Å². The summed E-state index contributed by atoms with van der Waals surface area (Å²) in [4.78, 5) is 0. The Balaban J connectivity index is 5.45. The lowest BCUT2D eigenvalue weighted by atomic mass is 10.9. The van der Waals surface area contributed by atoms with Gasteiger partial charge in [-0.2, -0.15) is 5.26 Å². The summed E-state index contributed by atoms with van der Waals surface area (Å²) in [6, 6.07) is 1.19. The van der Waals surface area contributed by atoms with Gasteiger partial charge in [0.05, 0.1) is 6.07 Å². The maximum absolute atomic E-state index is 10.9. The second kappa shape index (κ2) is 3.25. The monoisotopic (exact) mass is 209 g/mol. The van der Waals surface area contributed by atoms with Gasteiger partial charge in [-0.25, -0.2) is 16.8 Å². The van der Waals surface area contributed by atoms with E-state index < -0.39 is 24.3 Å². The second-order valence-corrected chi connectivity index (χ2v) is 6.46. The number of nitriles is 1. The van der Waals surface area contributed by atoms with Gasteiger partial charge < -0.3 is 0 Å². The van der Waals surface area contributed by atoms with Crippen LogP contribution in [0, 0.1) is 11.3 Å². The van der Waals surface area contributed by atoms with Gasteiger partial charge >= 0.3 is 0 Å². The van der Waals surface area contributed by atoms with Gasteiger partial charge in [0, 0.05) is 11.7 Å². The van der Waals surface area contributed by atoms with Crippen LogP contribution in [0.4, 0.5) is 0 Å². The molecule has 0 aliphatic carbocycles. The van der Waals surface area contributed by atoms with Crippen molar-refractivity contribution in [3.63, 3.8) is 0 Å². The molecule has 0 aromatic rings. The van der Waals surface area contributed by atoms with Gasteiger partial charge in [-0.1, -0.05) is 6.58 Å². The van der Waals surface area contributed by atoms with Crippen LogP contribution in [0.25, 0.3) is 0 Å². The zero-order valence-electron chi connectivity index (χ0n) is 6.26. The maximum Gasteiger partial charge on any atom is 0.251 e. The third-order valence-corrected chi connectivity index (χ3v) is 4.93. The van der Waals surface area contributed by atoms with Gasteiger partial charge in [-0.05, 0) is 0 Å². The van der Waals surface area contributed by atoms with Crippen molar-refractivity contribution in [2.75, 3.05) is 6.26 Å². The third kappa shape index (κ3) is 2.32. The number of rotatable bonds is 3. The van der Waals surface area contributed by atoms with Crippen LogP contribution in [0.3, 0.4) is 0 Å². The van der Waals surface area contributed by atoms with Gasteiger partial charge in [-0.15, -0.1) is 0 Å². The van der Waals surface area contributed by atoms with Crippen molar-refractivity contribution in [3.05, 3.63) is 12.0 Å². The predicted octanol–water partition coefficient (Wildman–Crippen LogP) is -0.561. The molecule has 0 rings (SSSR count). The molecule has 0 saturated carbocycles. The highest BCUT2D eigenvalue weighted by atomic mass is 32.3. The van der Waals surface area contributed by atoms with Crippen molar-refractivity contribution in [3.8, 4) is 6.07 Å². The highest BCUT2D eigenvalue weighted by Crippen LogP contribution is 2.08. The molecule has 0 fully saturated rings. The van der Waals surface area contributed by atoms with Gasteiger partial charge in [0.2, 0.25) is 9.84 Å². The lowest BCUT2D eigenvalue weighted by Gasteiger charge is -2.02. The maximum atomic E-state index is 10.9. The third-order valence-electron chi connectivity index (χ3n) is 1.02. The van der Waals surface area contributed by atoms with E-state index in [9.17, 15) is 16.8 Å². The van der Waals surface area contributed by atoms with Crippen molar-refractivity contribution >= 4 is 19.7 Å². The topological polar surface area (TPSA) is 92.1 Å². The molecular weight excluding hydrogens is 202 g/mol. The molecular formula is C5H7NO4S2. The summed E-state index contributed by atoms with van der Waals surface area (Å²) < 4.78 is 41.1. The minimum atomic E-state index is -4.05. The van der Waals surface area contributed by atoms with Crippen LogP contribution in [0.2, 0.25) is 0 Å². The molecule has 0 spiro atoms. The first-order chi connectivity index (χ1) is 5.25. The van der Waals surface area contributed by atoms with Crippen LogP contribution in [-0.2, 0) is 19.7 Å². The van der Waals surface area contributed by atoms with Gasteiger partial charge in [0.1, 0.15) is 0 Å². The van der Waals surface area contributed by atoms with E-state index in [-0.39, 0.29) is 0 Å². The van der Waals surface area contributed by atoms with Crippen molar-refractivity contribution in [2.45, 2.75) is 4.58 Å². The van der Waals surface area contributed by atoms with Crippen molar-refractivity contribution in [1.82, 2.24) is 0 Å². The molecule has 0 bridgehead atoms. The minimum absolute atomic E-state index is 0.460. The summed E-state index contributed by atoms with van der Waals surface area (Å²) in [5.74, 6) is 0. The van der Waals surface area contributed by atoms with E-state index in [1.165, 1.54) is 6.07 Å². The summed E-state index contributed by atoms with van der Waals surface area (Å²) in [7, 11) is -7.96. The number of hydrogen-bond acceptors (Lipinski definition) is 5. The fourth-order valence-electron chi connectivity index (χ4n) is 0.500. The summed E-state index contributed by atoms with van der Waals surface area (Å²) in [5, 5.41) is 8.73. The van der Waals surface area contributed by atoms with Crippen LogP contribution in [0.15, 0.2) is 12.0 Å². The normalized spacial score (nSPS) is 14.7. The molecule has 5 nitrogen and oxygen atoms in total. The summed E-state index contributed by atoms with van der Waals surface area (Å²) >= 11 is 0. The summed E-state index contributed by atoms with van der Waals surface area (Å²) in [5.41, 5.74) is 0. The van der Waals surface area contributed by atoms with Gasteiger partial charge in [0.15, 0.2) is 9.84 Å². The number of hydrogen-bond donors (Lipinski definition) is 0. The Kier molecular flexibility index (Phi) is 3.01. The SMILES string of the molecule is C=CS(=O)(=O)C(C#N)S(C)(=O)=O. The number of sulfone groups is 2. The molecule has 0 aromatic heterocycles. The average Bonchev–Trinajstić information content (AvgIpc) is 1.85. The molecule has 68 valence electrons. The zero-order chi connectivity index (χ0) is 9.99. The van der Waals surface area contributed by atoms with Crippen LogP contribution >= 0.6 is 0 Å². The van der Waals surface area contributed by atoms with Crippen LogP contribution < -0.4 is 0 Å². The molecule has 0 radical (unpaired) electrons. The summed E-state index contributed by atoms with van der Waals surface area (Å²) in [6.07, 6.45) is 0.682. The zero-order valence-corrected chi connectivity index (χ0v) is 7.89. The lowest BCUT2D eigenvalue weighted by molar-refractivity contribution is 0.590. The molecule has 0 aromatic carbocycles. The van der Waals surface area contributed by atoms with Gasteiger partial charge in [-0.3, -0.25) is 0 Å². The molecule has 0 saturated heterocycles. The highest BCUT2D eigenvalue weighted by molar-refractivity contribution is 8.10. The summed E-state index contributed by atoms with van der Waals surface area (Å²) in [6.45, 7) is 2.91. The van der Waals surface area contributed by atoms with E-state index >= 15 is 0 Å². The van der Waals surface area contributed by atoms with Gasteiger partial charge in [0.25, 0.3) is 4.58 Å². The molecule has 0 aliphatic heterocycles. The van der Waals surface area contributed by atoms with E-state index in [1.54, 1.807) is 0 Å². The highest BCUT2D eigenvalue weighted by Gasteiger charge is 2.32. The largest absolute Gasteiger partial charge is 0.251 e. The first kappa shape index (κ1) is 11.1. The van der Waals surface area contributed by atoms with Crippen LogP contribution in [-0.4, -0.2) is 27.7 Å². The Morgan fingerprint density at radius 2 is 1.83 bits per heavy atom. The standard InChI is InChI=1S/C5H7NO4S2/c1-3-12(9,10)5(4-6)11(2,7)8/h3,5H,1H2,2H3. The smallest absolute Gasteiger partial charge is 0.227 e. The average molecular weight is 209 g/mol. The fourth-order valence-corrected chi connectivity index (χ4v) is 3.20. The first-order valence-corrected chi connectivity index (χ1v) is 6.27. The van der Waals surface area contributed by atoms with Crippen molar-refractivity contribution < 1.29 is 16.8 Å². The minimum Gasteiger partial charge on any atom is -0.227 e. The lowest BCUT2D eigenvalue weighted by Crippen LogP contribution is -2.26. The fraction of sp³-hybridized carbons (Fsp3) is 0.400. The molecule has 1 atom stereocenters. The molecule has 0 amide bonds. The van der Waals surface area contributed by atoms with E-state index in [1.807, 2.05) is 0 Å². The molecule has 1 unspecified atom stereocenters. The van der Waals surface area contributed by atoms with E-state index in [2.05, 4.69) is 6.58 Å². The second-order valence-electron chi connectivity index (χ2n) is 2.05. The Hall–Kier alpha value is -0.870. The van der Waals surface area contributed by atoms with Crippen molar-refractivity contribution in [2.24, 2.45) is 0 Å². The quantitative estimate of drug-likeness (QED) is 0.621. The molecule has 0 heterocycles. The van der Waals surface area contributed by atoms with Crippen LogP contribution in [0.1, 0.15) is 0 Å². The first-order valence-electron chi connectivity index (χ1n) is 2.70. The Labute approximate surface area is 71.2 Å². The molecule has 0 aliphatic rings. The van der Waals surface area contributed by atoms with E-state index in [0.717, 1.165) is 0 Å². The Bertz CT molecular complexity index is 411. The van der Waals surface area contributed by atoms with Crippen LogP contribution in [0.5, 0.6) is 0 Å². The van der Waals surface area contributed by atoms with Crippen molar-refractivity contribution in [1.29, 1.82) is 5.26 Å². The Morgan fingerprint density at radius 3 is 1.92 bits per heavy atom. The molecule has 12 heavy (non-hydrogen) atoms. The van der Waals surface area contributed by atoms with E-state index in [0.29, 0.717) is 11.7 Å². The number of nitrogens with zero attached hydrogens (tertiary/aromatic N) is 1. The Morgan fingerprint density at radius 1 is 1.42 bits per heavy atom.